The maximum Gasteiger partial charge on any atom is 0.221 e. The Morgan fingerprint density at radius 1 is 1.43 bits per heavy atom. The van der Waals surface area contributed by atoms with Gasteiger partial charge >= 0.3 is 0 Å². The molecular formula is C16H25ClN2OS. The van der Waals surface area contributed by atoms with E-state index in [1.807, 2.05) is 17.8 Å². The lowest BCUT2D eigenvalue weighted by Crippen LogP contribution is -2.41. The lowest BCUT2D eigenvalue weighted by molar-refractivity contribution is -0.121. The molecule has 0 bridgehead atoms. The zero-order chi connectivity index (χ0) is 14.2. The number of carbonyl (C=O) groups excluding carboxylic acids is 1. The normalized spacial score (nSPS) is 19.4. The summed E-state index contributed by atoms with van der Waals surface area (Å²) in [5.74, 6) is 2.78. The number of benzene rings is 1. The number of hydrogen-bond donors (Lipinski definition) is 2. The molecule has 0 aliphatic carbocycles. The van der Waals surface area contributed by atoms with Crippen molar-refractivity contribution < 1.29 is 4.79 Å². The molecule has 3 nitrogen and oxygen atoms in total. The average molecular weight is 329 g/mol. The summed E-state index contributed by atoms with van der Waals surface area (Å²) < 4.78 is 0. The second-order valence-corrected chi connectivity index (χ2v) is 6.40. The topological polar surface area (TPSA) is 41.1 Å². The Morgan fingerprint density at radius 3 is 2.81 bits per heavy atom. The van der Waals surface area contributed by atoms with Gasteiger partial charge in [-0.05, 0) is 12.0 Å². The van der Waals surface area contributed by atoms with Crippen molar-refractivity contribution in [3.05, 3.63) is 35.9 Å². The summed E-state index contributed by atoms with van der Waals surface area (Å²) >= 11 is 1.93. The van der Waals surface area contributed by atoms with Gasteiger partial charge in [-0.2, -0.15) is 11.8 Å². The zero-order valence-electron chi connectivity index (χ0n) is 12.5. The summed E-state index contributed by atoms with van der Waals surface area (Å²) in [6, 6.07) is 10.8. The summed E-state index contributed by atoms with van der Waals surface area (Å²) in [5, 5.41) is 6.49. The Balaban J connectivity index is 0.00000220. The van der Waals surface area contributed by atoms with E-state index in [2.05, 4.69) is 41.8 Å². The molecule has 118 valence electrons. The number of halogens is 1. The van der Waals surface area contributed by atoms with E-state index < -0.39 is 0 Å². The second kappa shape index (κ2) is 10.1. The third-order valence-electron chi connectivity index (χ3n) is 3.74. The van der Waals surface area contributed by atoms with Crippen LogP contribution in [0, 0.1) is 0 Å². The van der Waals surface area contributed by atoms with Gasteiger partial charge in [0, 0.05) is 43.0 Å². The molecule has 2 atom stereocenters. The van der Waals surface area contributed by atoms with Crippen molar-refractivity contribution in [1.82, 2.24) is 10.6 Å². The molecule has 1 aliphatic heterocycles. The van der Waals surface area contributed by atoms with E-state index in [0.29, 0.717) is 18.4 Å². The summed E-state index contributed by atoms with van der Waals surface area (Å²) in [6.45, 7) is 3.92. The number of nitrogens with one attached hydrogen (secondary N) is 2. The Bertz CT molecular complexity index is 410. The van der Waals surface area contributed by atoms with E-state index in [9.17, 15) is 4.79 Å². The number of rotatable bonds is 6. The van der Waals surface area contributed by atoms with Gasteiger partial charge in [-0.3, -0.25) is 4.79 Å². The lowest BCUT2D eigenvalue weighted by atomic mass is 9.96. The molecule has 1 aromatic carbocycles. The first-order chi connectivity index (χ1) is 9.79. The van der Waals surface area contributed by atoms with Crippen LogP contribution in [0.2, 0.25) is 0 Å². The molecule has 2 N–H and O–H groups in total. The molecule has 1 saturated heterocycles. The minimum Gasteiger partial charge on any atom is -0.355 e. The number of thioether (sulfide) groups is 1. The van der Waals surface area contributed by atoms with Crippen molar-refractivity contribution in [3.8, 4) is 0 Å². The van der Waals surface area contributed by atoms with Gasteiger partial charge in [-0.1, -0.05) is 37.3 Å². The van der Waals surface area contributed by atoms with E-state index in [0.717, 1.165) is 31.0 Å². The van der Waals surface area contributed by atoms with Crippen molar-refractivity contribution in [1.29, 1.82) is 0 Å². The molecule has 21 heavy (non-hydrogen) atoms. The quantitative estimate of drug-likeness (QED) is 0.843. The first kappa shape index (κ1) is 18.3. The Kier molecular flexibility index (Phi) is 8.81. The van der Waals surface area contributed by atoms with E-state index in [-0.39, 0.29) is 18.3 Å². The minimum atomic E-state index is 0. The van der Waals surface area contributed by atoms with Crippen LogP contribution in [0.5, 0.6) is 0 Å². The summed E-state index contributed by atoms with van der Waals surface area (Å²) in [7, 11) is 0. The molecule has 2 rings (SSSR count). The molecule has 0 spiro atoms. The molecule has 1 aromatic rings. The van der Waals surface area contributed by atoms with Gasteiger partial charge in [0.05, 0.1) is 0 Å². The maximum atomic E-state index is 12.0. The number of amides is 1. The van der Waals surface area contributed by atoms with Gasteiger partial charge in [0.25, 0.3) is 0 Å². The fraction of sp³-hybridized carbons (Fsp3) is 0.562. The van der Waals surface area contributed by atoms with Crippen molar-refractivity contribution in [2.24, 2.45) is 0 Å². The number of hydrogen-bond acceptors (Lipinski definition) is 3. The van der Waals surface area contributed by atoms with Crippen LogP contribution >= 0.6 is 24.2 Å². The Labute approximate surface area is 138 Å². The van der Waals surface area contributed by atoms with Crippen molar-refractivity contribution in [2.45, 2.75) is 31.7 Å². The third kappa shape index (κ3) is 6.29. The molecule has 1 aliphatic rings. The standard InChI is InChI=1S/C16H24N2OS.ClH/c1-2-13(14-6-4-3-5-7-14)11-18-16(19)10-15-12-20-9-8-17-15;/h3-7,13,15,17H,2,8-12H2,1H3,(H,18,19);1H. The third-order valence-corrected chi connectivity index (χ3v) is 4.87. The van der Waals surface area contributed by atoms with Gasteiger partial charge in [-0.25, -0.2) is 0 Å². The van der Waals surface area contributed by atoms with Crippen LogP contribution in [-0.2, 0) is 4.79 Å². The van der Waals surface area contributed by atoms with Crippen LogP contribution in [0.3, 0.4) is 0 Å². The van der Waals surface area contributed by atoms with E-state index >= 15 is 0 Å². The van der Waals surface area contributed by atoms with Gasteiger partial charge in [0.15, 0.2) is 0 Å². The van der Waals surface area contributed by atoms with Crippen molar-refractivity contribution in [2.75, 3.05) is 24.6 Å². The van der Waals surface area contributed by atoms with E-state index in [1.54, 1.807) is 0 Å². The van der Waals surface area contributed by atoms with E-state index in [4.69, 9.17) is 0 Å². The predicted molar refractivity (Wildman–Crippen MR) is 93.5 cm³/mol. The average Bonchev–Trinajstić information content (AvgIpc) is 2.50. The zero-order valence-corrected chi connectivity index (χ0v) is 14.1. The molecular weight excluding hydrogens is 304 g/mol. The fourth-order valence-electron chi connectivity index (χ4n) is 2.51. The molecule has 1 amide bonds. The lowest BCUT2D eigenvalue weighted by Gasteiger charge is -2.23. The molecule has 1 heterocycles. The summed E-state index contributed by atoms with van der Waals surface area (Å²) in [5.41, 5.74) is 1.31. The van der Waals surface area contributed by atoms with Gasteiger partial charge in [0.1, 0.15) is 0 Å². The Morgan fingerprint density at radius 2 is 2.19 bits per heavy atom. The fourth-order valence-corrected chi connectivity index (χ4v) is 3.46. The highest BCUT2D eigenvalue weighted by Gasteiger charge is 2.17. The monoisotopic (exact) mass is 328 g/mol. The second-order valence-electron chi connectivity index (χ2n) is 5.25. The largest absolute Gasteiger partial charge is 0.355 e. The van der Waals surface area contributed by atoms with Crippen molar-refractivity contribution >= 4 is 30.1 Å². The SMILES string of the molecule is CCC(CNC(=O)CC1CSCCN1)c1ccccc1.Cl. The Hall–Kier alpha value is -0.710. The molecule has 5 heteroatoms. The molecule has 2 unspecified atom stereocenters. The van der Waals surface area contributed by atoms with Crippen LogP contribution in [0.4, 0.5) is 0 Å². The molecule has 0 saturated carbocycles. The van der Waals surface area contributed by atoms with Crippen LogP contribution in [0.25, 0.3) is 0 Å². The predicted octanol–water partition coefficient (Wildman–Crippen LogP) is 2.81. The molecule has 0 aromatic heterocycles. The van der Waals surface area contributed by atoms with Crippen LogP contribution in [0.15, 0.2) is 30.3 Å². The first-order valence-electron chi connectivity index (χ1n) is 7.42. The molecule has 1 fully saturated rings. The van der Waals surface area contributed by atoms with Gasteiger partial charge in [-0.15, -0.1) is 12.4 Å². The highest BCUT2D eigenvalue weighted by atomic mass is 35.5. The van der Waals surface area contributed by atoms with Crippen LogP contribution < -0.4 is 10.6 Å². The van der Waals surface area contributed by atoms with E-state index in [1.165, 1.54) is 5.56 Å². The summed E-state index contributed by atoms with van der Waals surface area (Å²) in [6.07, 6.45) is 1.64. The smallest absolute Gasteiger partial charge is 0.221 e. The number of carbonyl (C=O) groups is 1. The van der Waals surface area contributed by atoms with Gasteiger partial charge < -0.3 is 10.6 Å². The van der Waals surface area contributed by atoms with Gasteiger partial charge in [0.2, 0.25) is 5.91 Å². The maximum absolute atomic E-state index is 12.0. The van der Waals surface area contributed by atoms with Crippen LogP contribution in [0.1, 0.15) is 31.2 Å². The van der Waals surface area contributed by atoms with Crippen LogP contribution in [-0.4, -0.2) is 36.5 Å². The highest BCUT2D eigenvalue weighted by Crippen LogP contribution is 2.18. The van der Waals surface area contributed by atoms with Crippen molar-refractivity contribution in [3.63, 3.8) is 0 Å². The summed E-state index contributed by atoms with van der Waals surface area (Å²) in [4.78, 5) is 12.0. The minimum absolute atomic E-state index is 0. The molecule has 0 radical (unpaired) electrons. The highest BCUT2D eigenvalue weighted by molar-refractivity contribution is 7.99. The first-order valence-corrected chi connectivity index (χ1v) is 8.57.